The van der Waals surface area contributed by atoms with Crippen LogP contribution >= 0.6 is 23.2 Å². The number of hydrogen-bond acceptors (Lipinski definition) is 3. The maximum absolute atomic E-state index is 13.3. The van der Waals surface area contributed by atoms with Crippen LogP contribution in [-0.4, -0.2) is 11.6 Å². The molecule has 0 amide bonds. The molecule has 1 heterocycles. The number of carbonyl (C=O) groups is 2. The number of rotatable bonds is 4. The lowest BCUT2D eigenvalue weighted by Gasteiger charge is -2.05. The SMILES string of the molecule is O=C(CC(=O)c1c(Cl)ccc(F)c1Cl)c1ccco1. The van der Waals surface area contributed by atoms with Crippen LogP contribution in [0.15, 0.2) is 34.9 Å². The molecule has 1 aromatic carbocycles. The molecule has 0 N–H and O–H groups in total. The molecule has 0 unspecified atom stereocenters. The molecule has 2 rings (SSSR count). The van der Waals surface area contributed by atoms with Crippen molar-refractivity contribution in [2.24, 2.45) is 0 Å². The predicted octanol–water partition coefficient (Wildman–Crippen LogP) is 4.18. The lowest BCUT2D eigenvalue weighted by atomic mass is 10.0. The van der Waals surface area contributed by atoms with Crippen LogP contribution in [0.3, 0.4) is 0 Å². The molecule has 3 nitrogen and oxygen atoms in total. The zero-order valence-electron chi connectivity index (χ0n) is 9.45. The van der Waals surface area contributed by atoms with Crippen molar-refractivity contribution in [3.63, 3.8) is 0 Å². The first kappa shape index (κ1) is 13.8. The predicted molar refractivity (Wildman–Crippen MR) is 68.4 cm³/mol. The van der Waals surface area contributed by atoms with E-state index >= 15 is 0 Å². The summed E-state index contributed by atoms with van der Waals surface area (Å²) < 4.78 is 18.2. The largest absolute Gasteiger partial charge is 0.461 e. The third-order valence-corrected chi connectivity index (χ3v) is 3.12. The monoisotopic (exact) mass is 300 g/mol. The molecular weight excluding hydrogens is 294 g/mol. The number of Topliss-reactive ketones (excluding diaryl/α,β-unsaturated/α-hetero) is 2. The molecule has 0 atom stereocenters. The van der Waals surface area contributed by atoms with Gasteiger partial charge < -0.3 is 4.42 Å². The van der Waals surface area contributed by atoms with Crippen LogP contribution in [0.5, 0.6) is 0 Å². The average molecular weight is 301 g/mol. The minimum atomic E-state index is -0.764. The first-order valence-corrected chi connectivity index (χ1v) is 5.99. The van der Waals surface area contributed by atoms with Gasteiger partial charge in [0.15, 0.2) is 11.5 Å². The highest BCUT2D eigenvalue weighted by atomic mass is 35.5. The summed E-state index contributed by atoms with van der Waals surface area (Å²) in [7, 11) is 0. The van der Waals surface area contributed by atoms with Crippen LogP contribution in [0.1, 0.15) is 27.3 Å². The van der Waals surface area contributed by atoms with Gasteiger partial charge in [0.1, 0.15) is 5.82 Å². The Bertz CT molecular complexity index is 636. The van der Waals surface area contributed by atoms with E-state index in [0.29, 0.717) is 0 Å². The van der Waals surface area contributed by atoms with Gasteiger partial charge in [-0.1, -0.05) is 23.2 Å². The molecule has 0 aliphatic carbocycles. The lowest BCUT2D eigenvalue weighted by molar-refractivity contribution is 0.0878. The van der Waals surface area contributed by atoms with Crippen molar-refractivity contribution < 1.29 is 18.4 Å². The molecule has 6 heteroatoms. The van der Waals surface area contributed by atoms with Gasteiger partial charge in [-0.2, -0.15) is 0 Å². The Morgan fingerprint density at radius 3 is 2.53 bits per heavy atom. The molecule has 0 aliphatic heterocycles. The van der Waals surface area contributed by atoms with Crippen molar-refractivity contribution in [1.82, 2.24) is 0 Å². The number of hydrogen-bond donors (Lipinski definition) is 0. The number of ketones is 2. The van der Waals surface area contributed by atoms with Gasteiger partial charge in [-0.3, -0.25) is 9.59 Å². The maximum atomic E-state index is 13.3. The first-order chi connectivity index (χ1) is 9.00. The maximum Gasteiger partial charge on any atom is 0.205 e. The molecule has 0 saturated carbocycles. The first-order valence-electron chi connectivity index (χ1n) is 5.24. The van der Waals surface area contributed by atoms with Crippen molar-refractivity contribution in [2.45, 2.75) is 6.42 Å². The van der Waals surface area contributed by atoms with Crippen molar-refractivity contribution in [1.29, 1.82) is 0 Å². The summed E-state index contributed by atoms with van der Waals surface area (Å²) in [5.74, 6) is -1.89. The second-order valence-corrected chi connectivity index (χ2v) is 4.50. The standard InChI is InChI=1S/C13H7Cl2FO3/c14-7-3-4-8(16)13(15)12(7)10(18)6-9(17)11-2-1-5-19-11/h1-5H,6H2. The van der Waals surface area contributed by atoms with Crippen molar-refractivity contribution in [3.8, 4) is 0 Å². The molecule has 0 aliphatic rings. The van der Waals surface area contributed by atoms with Gasteiger partial charge >= 0.3 is 0 Å². The molecule has 98 valence electrons. The summed E-state index contributed by atoms with van der Waals surface area (Å²) in [5.41, 5.74) is -0.191. The van der Waals surface area contributed by atoms with E-state index < -0.39 is 23.8 Å². The lowest BCUT2D eigenvalue weighted by Crippen LogP contribution is -2.09. The fourth-order valence-corrected chi connectivity index (χ4v) is 2.12. The Kier molecular flexibility index (Phi) is 4.02. The van der Waals surface area contributed by atoms with Crippen LogP contribution < -0.4 is 0 Å². The second kappa shape index (κ2) is 5.55. The Labute approximate surface area is 117 Å². The van der Waals surface area contributed by atoms with Gasteiger partial charge in [0.05, 0.1) is 28.3 Å². The highest BCUT2D eigenvalue weighted by Gasteiger charge is 2.22. The number of benzene rings is 1. The number of carbonyl (C=O) groups excluding carboxylic acids is 2. The Morgan fingerprint density at radius 1 is 1.16 bits per heavy atom. The molecule has 19 heavy (non-hydrogen) atoms. The fourth-order valence-electron chi connectivity index (χ4n) is 1.54. The Balaban J connectivity index is 2.26. The van der Waals surface area contributed by atoms with Gasteiger partial charge in [-0.05, 0) is 24.3 Å². The van der Waals surface area contributed by atoms with Crippen molar-refractivity contribution in [2.75, 3.05) is 0 Å². The molecule has 0 spiro atoms. The van der Waals surface area contributed by atoms with E-state index in [1.165, 1.54) is 24.5 Å². The topological polar surface area (TPSA) is 47.3 Å². The van der Waals surface area contributed by atoms with E-state index in [9.17, 15) is 14.0 Å². The highest BCUT2D eigenvalue weighted by molar-refractivity contribution is 6.40. The summed E-state index contributed by atoms with van der Waals surface area (Å²) in [6, 6.07) is 5.23. The van der Waals surface area contributed by atoms with E-state index in [1.807, 2.05) is 0 Å². The summed E-state index contributed by atoms with van der Waals surface area (Å²) in [5, 5.41) is -0.381. The van der Waals surface area contributed by atoms with E-state index in [4.69, 9.17) is 27.6 Å². The van der Waals surface area contributed by atoms with Gasteiger partial charge in [-0.25, -0.2) is 4.39 Å². The quantitative estimate of drug-likeness (QED) is 0.483. The Hall–Kier alpha value is -1.65. The normalized spacial score (nSPS) is 10.5. The van der Waals surface area contributed by atoms with Crippen LogP contribution in [0.2, 0.25) is 10.0 Å². The molecule has 0 radical (unpaired) electrons. The van der Waals surface area contributed by atoms with Gasteiger partial charge in [-0.15, -0.1) is 0 Å². The summed E-state index contributed by atoms with van der Waals surface area (Å²) in [6.07, 6.45) is 0.830. The smallest absolute Gasteiger partial charge is 0.205 e. The fraction of sp³-hybridized carbons (Fsp3) is 0.0769. The molecular formula is C13H7Cl2FO3. The molecule has 0 fully saturated rings. The van der Waals surface area contributed by atoms with Crippen molar-refractivity contribution in [3.05, 3.63) is 57.7 Å². The Morgan fingerprint density at radius 2 is 1.89 bits per heavy atom. The van der Waals surface area contributed by atoms with Crippen molar-refractivity contribution >= 4 is 34.8 Å². The van der Waals surface area contributed by atoms with E-state index in [-0.39, 0.29) is 21.4 Å². The minimum absolute atomic E-state index is 0.00337. The van der Waals surface area contributed by atoms with E-state index in [1.54, 1.807) is 0 Å². The van der Waals surface area contributed by atoms with Gasteiger partial charge in [0.2, 0.25) is 5.78 Å². The summed E-state index contributed by atoms with van der Waals surface area (Å²) >= 11 is 11.5. The summed E-state index contributed by atoms with van der Waals surface area (Å²) in [4.78, 5) is 23.6. The zero-order valence-corrected chi connectivity index (χ0v) is 11.0. The summed E-state index contributed by atoms with van der Waals surface area (Å²) in [6.45, 7) is 0. The van der Waals surface area contributed by atoms with Crippen LogP contribution in [0.25, 0.3) is 0 Å². The molecule has 0 bridgehead atoms. The van der Waals surface area contributed by atoms with E-state index in [2.05, 4.69) is 0 Å². The average Bonchev–Trinajstić information content (AvgIpc) is 2.88. The number of halogens is 3. The molecule has 0 saturated heterocycles. The third-order valence-electron chi connectivity index (χ3n) is 2.44. The van der Waals surface area contributed by atoms with Gasteiger partial charge in [0.25, 0.3) is 0 Å². The minimum Gasteiger partial charge on any atom is -0.461 e. The third kappa shape index (κ3) is 2.85. The molecule has 2 aromatic rings. The van der Waals surface area contributed by atoms with Gasteiger partial charge in [0, 0.05) is 0 Å². The van der Waals surface area contributed by atoms with Crippen LogP contribution in [0, 0.1) is 5.82 Å². The van der Waals surface area contributed by atoms with Crippen LogP contribution in [0.4, 0.5) is 4.39 Å². The van der Waals surface area contributed by atoms with E-state index in [0.717, 1.165) is 6.07 Å². The second-order valence-electron chi connectivity index (χ2n) is 3.72. The van der Waals surface area contributed by atoms with Crippen LogP contribution in [-0.2, 0) is 0 Å². The highest BCUT2D eigenvalue weighted by Crippen LogP contribution is 2.28. The molecule has 1 aromatic heterocycles. The zero-order chi connectivity index (χ0) is 14.0. The number of furan rings is 1.